The number of rotatable bonds is 5. The van der Waals surface area contributed by atoms with Gasteiger partial charge in [0.1, 0.15) is 5.82 Å². The summed E-state index contributed by atoms with van der Waals surface area (Å²) in [7, 11) is 1.87. The third kappa shape index (κ3) is 4.38. The first-order valence-electron chi connectivity index (χ1n) is 10.2. The number of carbonyl (C=O) groups is 1. The first-order chi connectivity index (χ1) is 14.9. The van der Waals surface area contributed by atoms with Gasteiger partial charge in [-0.25, -0.2) is 9.97 Å². The lowest BCUT2D eigenvalue weighted by atomic mass is 10.1. The zero-order valence-electron chi connectivity index (χ0n) is 18.2. The van der Waals surface area contributed by atoms with Crippen LogP contribution in [0.15, 0.2) is 60.9 Å². The molecule has 0 saturated carbocycles. The van der Waals surface area contributed by atoms with E-state index < -0.39 is 0 Å². The van der Waals surface area contributed by atoms with E-state index >= 15 is 0 Å². The minimum absolute atomic E-state index is 0.0919. The Labute approximate surface area is 182 Å². The molecule has 156 valence electrons. The van der Waals surface area contributed by atoms with E-state index in [0.717, 1.165) is 33.3 Å². The summed E-state index contributed by atoms with van der Waals surface area (Å²) >= 11 is 0. The molecule has 0 fully saturated rings. The van der Waals surface area contributed by atoms with Crippen molar-refractivity contribution in [2.45, 2.75) is 20.8 Å². The molecule has 2 aromatic carbocycles. The number of hydrogen-bond acceptors (Lipinski definition) is 5. The number of nitrogens with zero attached hydrogens (tertiary/aromatic N) is 4. The Morgan fingerprint density at radius 2 is 1.65 bits per heavy atom. The minimum Gasteiger partial charge on any atom is -0.350 e. The van der Waals surface area contributed by atoms with Gasteiger partial charge in [-0.1, -0.05) is 29.8 Å². The molecule has 1 amide bonds. The van der Waals surface area contributed by atoms with Gasteiger partial charge in [0.15, 0.2) is 5.82 Å². The van der Waals surface area contributed by atoms with Crippen LogP contribution in [0.1, 0.15) is 16.7 Å². The van der Waals surface area contributed by atoms with Crippen LogP contribution in [0.5, 0.6) is 0 Å². The number of fused-ring (bicyclic) bond motifs is 1. The molecule has 2 aromatic heterocycles. The number of amides is 1. The number of carbonyl (C=O) groups excluding carboxylic acids is 1. The number of benzene rings is 2. The fourth-order valence-electron chi connectivity index (χ4n) is 3.83. The summed E-state index contributed by atoms with van der Waals surface area (Å²) in [6, 6.07) is 15.7. The normalized spacial score (nSPS) is 10.8. The van der Waals surface area contributed by atoms with E-state index in [1.165, 1.54) is 5.56 Å². The molecule has 0 aliphatic carbocycles. The highest BCUT2D eigenvalue weighted by molar-refractivity contribution is 5.97. The van der Waals surface area contributed by atoms with Crippen molar-refractivity contribution in [3.05, 3.63) is 77.6 Å². The third-order valence-corrected chi connectivity index (χ3v) is 5.21. The van der Waals surface area contributed by atoms with Gasteiger partial charge in [0.05, 0.1) is 12.1 Å². The molecule has 0 spiro atoms. The zero-order chi connectivity index (χ0) is 22.0. The average Bonchev–Trinajstić information content (AvgIpc) is 2.76. The van der Waals surface area contributed by atoms with Crippen LogP contribution in [0.2, 0.25) is 0 Å². The van der Waals surface area contributed by atoms with Gasteiger partial charge in [0.2, 0.25) is 5.91 Å². The molecule has 6 nitrogen and oxygen atoms in total. The van der Waals surface area contributed by atoms with Crippen LogP contribution in [-0.2, 0) is 4.79 Å². The van der Waals surface area contributed by atoms with Gasteiger partial charge in [-0.3, -0.25) is 9.78 Å². The summed E-state index contributed by atoms with van der Waals surface area (Å²) in [6.07, 6.45) is 3.44. The van der Waals surface area contributed by atoms with Crippen molar-refractivity contribution >= 4 is 28.3 Å². The second-order valence-electron chi connectivity index (χ2n) is 7.80. The Morgan fingerprint density at radius 3 is 2.35 bits per heavy atom. The van der Waals surface area contributed by atoms with E-state index in [9.17, 15) is 4.79 Å². The van der Waals surface area contributed by atoms with Crippen molar-refractivity contribution in [3.8, 4) is 11.4 Å². The van der Waals surface area contributed by atoms with Crippen molar-refractivity contribution < 1.29 is 4.79 Å². The van der Waals surface area contributed by atoms with Crippen LogP contribution in [0, 0.1) is 20.8 Å². The van der Waals surface area contributed by atoms with Gasteiger partial charge in [0, 0.05) is 36.1 Å². The summed E-state index contributed by atoms with van der Waals surface area (Å²) in [5, 5.41) is 3.97. The first kappa shape index (κ1) is 20.5. The van der Waals surface area contributed by atoms with Crippen LogP contribution in [0.3, 0.4) is 0 Å². The Kier molecular flexibility index (Phi) is 5.62. The molecular weight excluding hydrogens is 386 g/mol. The fourth-order valence-corrected chi connectivity index (χ4v) is 3.83. The van der Waals surface area contributed by atoms with Crippen LogP contribution in [-0.4, -0.2) is 34.5 Å². The molecular formula is C25H25N5O. The van der Waals surface area contributed by atoms with E-state index in [1.54, 1.807) is 12.4 Å². The van der Waals surface area contributed by atoms with Crippen molar-refractivity contribution in [2.75, 3.05) is 23.8 Å². The largest absolute Gasteiger partial charge is 0.350 e. The third-order valence-electron chi connectivity index (χ3n) is 5.21. The number of aryl methyl sites for hydroxylation is 3. The Hall–Kier alpha value is -3.80. The molecule has 0 radical (unpaired) electrons. The topological polar surface area (TPSA) is 71.0 Å². The lowest BCUT2D eigenvalue weighted by Crippen LogP contribution is -2.31. The monoisotopic (exact) mass is 411 g/mol. The second kappa shape index (κ2) is 8.52. The standard InChI is InChI=1S/C25H25N5O/c1-16-13-17(2)23(18(3)14-16)28-22(31)15-30(4)25-20-7-5-6-8-21(20)27-24(29-25)19-9-11-26-12-10-19/h5-14H,15H2,1-4H3,(H,28,31). The molecule has 0 aliphatic heterocycles. The number of pyridine rings is 1. The molecule has 6 heteroatoms. The molecule has 0 saturated heterocycles. The second-order valence-corrected chi connectivity index (χ2v) is 7.80. The van der Waals surface area contributed by atoms with Crippen LogP contribution < -0.4 is 10.2 Å². The predicted molar refractivity (Wildman–Crippen MR) is 125 cm³/mol. The van der Waals surface area contributed by atoms with Gasteiger partial charge in [-0.05, 0) is 56.2 Å². The van der Waals surface area contributed by atoms with Gasteiger partial charge < -0.3 is 10.2 Å². The summed E-state index contributed by atoms with van der Waals surface area (Å²) in [4.78, 5) is 28.3. The van der Waals surface area contributed by atoms with E-state index in [4.69, 9.17) is 9.97 Å². The van der Waals surface area contributed by atoms with Crippen molar-refractivity contribution in [1.29, 1.82) is 0 Å². The Morgan fingerprint density at radius 1 is 0.968 bits per heavy atom. The van der Waals surface area contributed by atoms with Gasteiger partial charge in [-0.2, -0.15) is 0 Å². The summed E-state index contributed by atoms with van der Waals surface area (Å²) in [5.74, 6) is 1.23. The number of nitrogens with one attached hydrogen (secondary N) is 1. The van der Waals surface area contributed by atoms with Crippen LogP contribution in [0.4, 0.5) is 11.5 Å². The van der Waals surface area contributed by atoms with E-state index in [0.29, 0.717) is 11.6 Å². The lowest BCUT2D eigenvalue weighted by Gasteiger charge is -2.21. The molecule has 2 heterocycles. The molecule has 4 aromatic rings. The fraction of sp³-hybridized carbons (Fsp3) is 0.200. The molecule has 1 N–H and O–H groups in total. The summed E-state index contributed by atoms with van der Waals surface area (Å²) < 4.78 is 0. The lowest BCUT2D eigenvalue weighted by molar-refractivity contribution is -0.114. The summed E-state index contributed by atoms with van der Waals surface area (Å²) in [6.45, 7) is 6.25. The highest BCUT2D eigenvalue weighted by Crippen LogP contribution is 2.27. The molecule has 0 atom stereocenters. The number of para-hydroxylation sites is 1. The zero-order valence-corrected chi connectivity index (χ0v) is 18.2. The SMILES string of the molecule is Cc1cc(C)c(NC(=O)CN(C)c2nc(-c3ccncc3)nc3ccccc23)c(C)c1. The van der Waals surface area contributed by atoms with Gasteiger partial charge in [-0.15, -0.1) is 0 Å². The maximum Gasteiger partial charge on any atom is 0.243 e. The van der Waals surface area contributed by atoms with Crippen LogP contribution >= 0.6 is 0 Å². The highest BCUT2D eigenvalue weighted by atomic mass is 16.2. The van der Waals surface area contributed by atoms with E-state index in [1.807, 2.05) is 62.2 Å². The van der Waals surface area contributed by atoms with Crippen molar-refractivity contribution in [3.63, 3.8) is 0 Å². The summed E-state index contributed by atoms with van der Waals surface area (Å²) in [5.41, 5.74) is 5.87. The minimum atomic E-state index is -0.0919. The number of likely N-dealkylation sites (N-methyl/N-ethyl adjacent to an activating group) is 1. The highest BCUT2D eigenvalue weighted by Gasteiger charge is 2.16. The Balaban J connectivity index is 1.64. The average molecular weight is 412 g/mol. The quantitative estimate of drug-likeness (QED) is 0.516. The molecule has 0 unspecified atom stereocenters. The van der Waals surface area contributed by atoms with Crippen LogP contribution in [0.25, 0.3) is 22.3 Å². The van der Waals surface area contributed by atoms with E-state index in [-0.39, 0.29) is 12.5 Å². The Bertz CT molecular complexity index is 1230. The molecule has 0 bridgehead atoms. The molecule has 4 rings (SSSR count). The molecule has 0 aliphatic rings. The van der Waals surface area contributed by atoms with Gasteiger partial charge >= 0.3 is 0 Å². The number of anilines is 2. The molecule has 31 heavy (non-hydrogen) atoms. The van der Waals surface area contributed by atoms with Crippen molar-refractivity contribution in [2.24, 2.45) is 0 Å². The van der Waals surface area contributed by atoms with E-state index in [2.05, 4.69) is 29.4 Å². The number of aromatic nitrogens is 3. The van der Waals surface area contributed by atoms with Gasteiger partial charge in [0.25, 0.3) is 0 Å². The van der Waals surface area contributed by atoms with Crippen molar-refractivity contribution in [1.82, 2.24) is 15.0 Å². The maximum atomic E-state index is 12.9. The smallest absolute Gasteiger partial charge is 0.243 e. The first-order valence-corrected chi connectivity index (χ1v) is 10.2. The number of hydrogen-bond donors (Lipinski definition) is 1. The maximum absolute atomic E-state index is 12.9. The predicted octanol–water partition coefficient (Wildman–Crippen LogP) is 4.69.